The van der Waals surface area contributed by atoms with Gasteiger partial charge in [0.15, 0.2) is 0 Å². The van der Waals surface area contributed by atoms with Crippen molar-refractivity contribution >= 4 is 27.5 Å². The molecule has 2 aromatic rings. The van der Waals surface area contributed by atoms with Crippen LogP contribution in [0.1, 0.15) is 40.9 Å². The summed E-state index contributed by atoms with van der Waals surface area (Å²) in [4.78, 5) is 19.0. The molecule has 0 aliphatic carbocycles. The normalized spacial score (nSPS) is 15.8. The largest absolute Gasteiger partial charge is 0.337 e. The first-order valence-corrected chi connectivity index (χ1v) is 7.81. The van der Waals surface area contributed by atoms with E-state index in [0.29, 0.717) is 5.69 Å². The molecule has 3 heterocycles. The van der Waals surface area contributed by atoms with Crippen molar-refractivity contribution in [1.82, 2.24) is 14.3 Å². The standard InChI is InChI=1S/C15H18BrN3O/c1-10-8-11(2)14-17-12(9-19(14)13(10)16)15(20)18-6-4-3-5-7-18/h8-9H,3-7H2,1-2H3. The number of piperidine rings is 1. The van der Waals surface area contributed by atoms with E-state index in [1.54, 1.807) is 0 Å². The summed E-state index contributed by atoms with van der Waals surface area (Å²) in [6.07, 6.45) is 5.26. The molecule has 20 heavy (non-hydrogen) atoms. The van der Waals surface area contributed by atoms with Gasteiger partial charge in [-0.1, -0.05) is 6.07 Å². The Morgan fingerprint density at radius 3 is 2.60 bits per heavy atom. The fourth-order valence-corrected chi connectivity index (χ4v) is 3.19. The minimum Gasteiger partial charge on any atom is -0.337 e. The molecule has 1 amide bonds. The minimum atomic E-state index is 0.0531. The zero-order chi connectivity index (χ0) is 14.3. The number of nitrogens with zero attached hydrogens (tertiary/aromatic N) is 3. The second-order valence-corrected chi connectivity index (χ2v) is 6.22. The molecule has 0 spiro atoms. The number of amides is 1. The molecular weight excluding hydrogens is 318 g/mol. The van der Waals surface area contributed by atoms with E-state index < -0.39 is 0 Å². The summed E-state index contributed by atoms with van der Waals surface area (Å²) in [5.41, 5.74) is 3.62. The van der Waals surface area contributed by atoms with Crippen LogP contribution in [0.4, 0.5) is 0 Å². The molecule has 1 fully saturated rings. The van der Waals surface area contributed by atoms with Crippen LogP contribution in [-0.2, 0) is 0 Å². The van der Waals surface area contributed by atoms with Crippen LogP contribution in [0.3, 0.4) is 0 Å². The summed E-state index contributed by atoms with van der Waals surface area (Å²) >= 11 is 3.57. The molecule has 4 nitrogen and oxygen atoms in total. The number of hydrogen-bond donors (Lipinski definition) is 0. The molecular formula is C15H18BrN3O. The number of pyridine rings is 1. The lowest BCUT2D eigenvalue weighted by Gasteiger charge is -2.25. The highest BCUT2D eigenvalue weighted by Crippen LogP contribution is 2.23. The van der Waals surface area contributed by atoms with Crippen LogP contribution in [0.2, 0.25) is 0 Å². The van der Waals surface area contributed by atoms with Crippen LogP contribution in [0, 0.1) is 13.8 Å². The number of hydrogen-bond acceptors (Lipinski definition) is 2. The van der Waals surface area contributed by atoms with Crippen molar-refractivity contribution < 1.29 is 4.79 Å². The van der Waals surface area contributed by atoms with Crippen LogP contribution >= 0.6 is 15.9 Å². The number of carbonyl (C=O) groups excluding carboxylic acids is 1. The van der Waals surface area contributed by atoms with Crippen molar-refractivity contribution in [3.63, 3.8) is 0 Å². The van der Waals surface area contributed by atoms with Crippen LogP contribution in [0.15, 0.2) is 16.9 Å². The summed E-state index contributed by atoms with van der Waals surface area (Å²) in [5.74, 6) is 0.0531. The number of fused-ring (bicyclic) bond motifs is 1. The summed E-state index contributed by atoms with van der Waals surface area (Å²) < 4.78 is 2.92. The van der Waals surface area contributed by atoms with Crippen molar-refractivity contribution in [2.24, 2.45) is 0 Å². The van der Waals surface area contributed by atoms with Crippen LogP contribution in [0.5, 0.6) is 0 Å². The van der Waals surface area contributed by atoms with Crippen molar-refractivity contribution in [3.05, 3.63) is 33.7 Å². The monoisotopic (exact) mass is 335 g/mol. The first-order valence-electron chi connectivity index (χ1n) is 7.02. The van der Waals surface area contributed by atoms with Crippen molar-refractivity contribution in [2.75, 3.05) is 13.1 Å². The van der Waals surface area contributed by atoms with Gasteiger partial charge in [0.1, 0.15) is 11.3 Å². The van der Waals surface area contributed by atoms with Crippen molar-refractivity contribution in [2.45, 2.75) is 33.1 Å². The average Bonchev–Trinajstić information content (AvgIpc) is 2.91. The fourth-order valence-electron chi connectivity index (χ4n) is 2.81. The topological polar surface area (TPSA) is 37.6 Å². The maximum atomic E-state index is 12.5. The summed E-state index contributed by atoms with van der Waals surface area (Å²) in [6.45, 7) is 5.78. The summed E-state index contributed by atoms with van der Waals surface area (Å²) in [7, 11) is 0. The highest BCUT2D eigenvalue weighted by Gasteiger charge is 2.21. The Morgan fingerprint density at radius 2 is 1.90 bits per heavy atom. The maximum absolute atomic E-state index is 12.5. The van der Waals surface area contributed by atoms with Crippen LogP contribution in [0.25, 0.3) is 5.65 Å². The average molecular weight is 336 g/mol. The number of imidazole rings is 1. The number of rotatable bonds is 1. The SMILES string of the molecule is Cc1cc(C)c2nc(C(=O)N3CCCCC3)cn2c1Br. The van der Waals surface area contributed by atoms with Crippen molar-refractivity contribution in [3.8, 4) is 0 Å². The van der Waals surface area contributed by atoms with Gasteiger partial charge in [0, 0.05) is 19.3 Å². The third kappa shape index (κ3) is 2.24. The highest BCUT2D eigenvalue weighted by molar-refractivity contribution is 9.10. The van der Waals surface area contributed by atoms with Crippen molar-refractivity contribution in [1.29, 1.82) is 0 Å². The van der Waals surface area contributed by atoms with E-state index in [1.165, 1.54) is 6.42 Å². The lowest BCUT2D eigenvalue weighted by atomic mass is 10.1. The van der Waals surface area contributed by atoms with Gasteiger partial charge in [0.25, 0.3) is 5.91 Å². The maximum Gasteiger partial charge on any atom is 0.274 e. The molecule has 106 valence electrons. The molecule has 0 radical (unpaired) electrons. The Balaban J connectivity index is 2.02. The zero-order valence-electron chi connectivity index (χ0n) is 11.8. The van der Waals surface area contributed by atoms with Gasteiger partial charge in [0.05, 0.1) is 4.60 Å². The van der Waals surface area contributed by atoms with Crippen LogP contribution < -0.4 is 0 Å². The van der Waals surface area contributed by atoms with Gasteiger partial charge in [-0.3, -0.25) is 9.20 Å². The Bertz CT molecular complexity index is 671. The number of likely N-dealkylation sites (tertiary alicyclic amines) is 1. The van der Waals surface area contributed by atoms with Gasteiger partial charge in [-0.15, -0.1) is 0 Å². The molecule has 0 unspecified atom stereocenters. The second kappa shape index (κ2) is 5.20. The lowest BCUT2D eigenvalue weighted by Crippen LogP contribution is -2.35. The van der Waals surface area contributed by atoms with E-state index in [1.807, 2.05) is 29.3 Å². The molecule has 0 N–H and O–H groups in total. The van der Waals surface area contributed by atoms with E-state index in [-0.39, 0.29) is 5.91 Å². The smallest absolute Gasteiger partial charge is 0.274 e. The fraction of sp³-hybridized carbons (Fsp3) is 0.467. The molecule has 0 aromatic carbocycles. The van der Waals surface area contributed by atoms with E-state index >= 15 is 0 Å². The number of aryl methyl sites for hydroxylation is 2. The highest BCUT2D eigenvalue weighted by atomic mass is 79.9. The summed E-state index contributed by atoms with van der Waals surface area (Å²) in [5, 5.41) is 0. The third-order valence-electron chi connectivity index (χ3n) is 3.89. The predicted molar refractivity (Wildman–Crippen MR) is 82.1 cm³/mol. The number of halogens is 1. The Labute approximate surface area is 126 Å². The van der Waals surface area contributed by atoms with E-state index in [2.05, 4.69) is 27.0 Å². The number of carbonyl (C=O) groups is 1. The number of aromatic nitrogens is 2. The van der Waals surface area contributed by atoms with Gasteiger partial charge in [0.2, 0.25) is 0 Å². The molecule has 1 aliphatic rings. The molecule has 5 heteroatoms. The first kappa shape index (κ1) is 13.6. The zero-order valence-corrected chi connectivity index (χ0v) is 13.4. The Hall–Kier alpha value is -1.36. The lowest BCUT2D eigenvalue weighted by molar-refractivity contribution is 0.0719. The predicted octanol–water partition coefficient (Wildman–Crippen LogP) is 3.34. The van der Waals surface area contributed by atoms with Gasteiger partial charge >= 0.3 is 0 Å². The third-order valence-corrected chi connectivity index (χ3v) is 4.90. The minimum absolute atomic E-state index is 0.0531. The molecule has 3 rings (SSSR count). The van der Waals surface area contributed by atoms with Crippen LogP contribution in [-0.4, -0.2) is 33.3 Å². The van der Waals surface area contributed by atoms with Gasteiger partial charge in [-0.05, 0) is 60.2 Å². The van der Waals surface area contributed by atoms with Gasteiger partial charge in [-0.2, -0.15) is 0 Å². The molecule has 1 saturated heterocycles. The van der Waals surface area contributed by atoms with E-state index in [4.69, 9.17) is 0 Å². The summed E-state index contributed by atoms with van der Waals surface area (Å²) in [6, 6.07) is 2.08. The van der Waals surface area contributed by atoms with Gasteiger partial charge < -0.3 is 4.90 Å². The molecule has 0 bridgehead atoms. The first-order chi connectivity index (χ1) is 9.58. The molecule has 0 saturated carbocycles. The Morgan fingerprint density at radius 1 is 1.20 bits per heavy atom. The molecule has 2 aromatic heterocycles. The van der Waals surface area contributed by atoms with E-state index in [9.17, 15) is 4.79 Å². The Kier molecular flexibility index (Phi) is 3.54. The quantitative estimate of drug-likeness (QED) is 0.749. The van der Waals surface area contributed by atoms with E-state index in [0.717, 1.165) is 47.3 Å². The molecule has 1 aliphatic heterocycles. The second-order valence-electron chi connectivity index (χ2n) is 5.47. The van der Waals surface area contributed by atoms with Gasteiger partial charge in [-0.25, -0.2) is 4.98 Å². The molecule has 0 atom stereocenters.